The number of benzene rings is 3. The van der Waals surface area contributed by atoms with Gasteiger partial charge in [0.25, 0.3) is 0 Å². The Hall–Kier alpha value is -3.38. The molecule has 0 amide bonds. The number of hydrogen-bond donors (Lipinski definition) is 1. The number of halogens is 3. The highest BCUT2D eigenvalue weighted by Gasteiger charge is 2.34. The molecule has 0 fully saturated rings. The van der Waals surface area contributed by atoms with Gasteiger partial charge >= 0.3 is 0 Å². The van der Waals surface area contributed by atoms with Gasteiger partial charge in [-0.05, 0) is 49.0 Å². The van der Waals surface area contributed by atoms with Crippen LogP contribution in [0.4, 0.5) is 8.78 Å². The van der Waals surface area contributed by atoms with E-state index in [0.717, 1.165) is 33.3 Å². The van der Waals surface area contributed by atoms with Gasteiger partial charge in [0.1, 0.15) is 29.9 Å². The zero-order valence-corrected chi connectivity index (χ0v) is 20.6. The minimum Gasteiger partial charge on any atom is -0.382 e. The summed E-state index contributed by atoms with van der Waals surface area (Å²) >= 11 is 3.44. The van der Waals surface area contributed by atoms with Gasteiger partial charge in [-0.15, -0.1) is 0 Å². The molecule has 0 spiro atoms. The van der Waals surface area contributed by atoms with E-state index in [4.69, 9.17) is 0 Å². The lowest BCUT2D eigenvalue weighted by Gasteiger charge is -2.33. The van der Waals surface area contributed by atoms with E-state index in [1.807, 2.05) is 60.5 Å². The largest absolute Gasteiger partial charge is 0.382 e. The van der Waals surface area contributed by atoms with Crippen molar-refractivity contribution in [3.8, 4) is 11.8 Å². The zero-order chi connectivity index (χ0) is 24.8. The number of aliphatic hydroxyl groups is 1. The van der Waals surface area contributed by atoms with Crippen LogP contribution >= 0.6 is 15.9 Å². The summed E-state index contributed by atoms with van der Waals surface area (Å²) in [7, 11) is 1.83. The molecule has 0 bridgehead atoms. The summed E-state index contributed by atoms with van der Waals surface area (Å²) in [6.07, 6.45) is 2.78. The summed E-state index contributed by atoms with van der Waals surface area (Å²) in [5.74, 6) is 4.78. The standard InChI is InChI=1S/C27H23BrF2N4O/c1-33(15-22-9-6-20(7-10-22)5-8-21-3-2-4-23(28)13-21)16-27(35,17-34-19-31-18-32-34)25-12-11-24(29)14-26(25)30/h2-4,6-7,9-14,18-19,35H,15-17H2,1H3. The van der Waals surface area contributed by atoms with Crippen molar-refractivity contribution in [2.24, 2.45) is 0 Å². The van der Waals surface area contributed by atoms with Crippen molar-refractivity contribution in [2.45, 2.75) is 18.7 Å². The fourth-order valence-electron chi connectivity index (χ4n) is 3.89. The van der Waals surface area contributed by atoms with Crippen molar-refractivity contribution in [3.63, 3.8) is 0 Å². The molecular formula is C27H23BrF2N4O. The van der Waals surface area contributed by atoms with E-state index in [2.05, 4.69) is 37.9 Å². The second-order valence-electron chi connectivity index (χ2n) is 8.38. The average molecular weight is 537 g/mol. The summed E-state index contributed by atoms with van der Waals surface area (Å²) in [6, 6.07) is 18.8. The Morgan fingerprint density at radius 1 is 1.03 bits per heavy atom. The van der Waals surface area contributed by atoms with Gasteiger partial charge in [-0.2, -0.15) is 5.10 Å². The van der Waals surface area contributed by atoms with Crippen LogP contribution in [0.5, 0.6) is 0 Å². The van der Waals surface area contributed by atoms with E-state index in [-0.39, 0.29) is 18.7 Å². The lowest BCUT2D eigenvalue weighted by atomic mass is 9.92. The maximum absolute atomic E-state index is 14.6. The molecule has 3 aromatic carbocycles. The first-order valence-corrected chi connectivity index (χ1v) is 11.7. The van der Waals surface area contributed by atoms with Crippen LogP contribution in [0.2, 0.25) is 0 Å². The predicted molar refractivity (Wildman–Crippen MR) is 133 cm³/mol. The lowest BCUT2D eigenvalue weighted by molar-refractivity contribution is -0.0175. The molecule has 4 rings (SSSR count). The average Bonchev–Trinajstić information content (AvgIpc) is 3.31. The summed E-state index contributed by atoms with van der Waals surface area (Å²) in [5, 5.41) is 15.5. The fourth-order valence-corrected chi connectivity index (χ4v) is 4.29. The van der Waals surface area contributed by atoms with Gasteiger partial charge in [-0.1, -0.05) is 52.0 Å². The van der Waals surface area contributed by atoms with Crippen molar-refractivity contribution in [2.75, 3.05) is 13.6 Å². The van der Waals surface area contributed by atoms with E-state index in [9.17, 15) is 13.9 Å². The first-order chi connectivity index (χ1) is 16.8. The highest BCUT2D eigenvalue weighted by atomic mass is 79.9. The van der Waals surface area contributed by atoms with Crippen LogP contribution in [0, 0.1) is 23.5 Å². The number of likely N-dealkylation sites (N-methyl/N-ethyl adjacent to an activating group) is 1. The number of rotatable bonds is 7. The Labute approximate surface area is 211 Å². The molecule has 0 radical (unpaired) electrons. The van der Waals surface area contributed by atoms with Gasteiger partial charge in [-0.3, -0.25) is 4.90 Å². The molecule has 0 saturated carbocycles. The Morgan fingerprint density at radius 2 is 1.80 bits per heavy atom. The third-order valence-corrected chi connectivity index (χ3v) is 5.93. The summed E-state index contributed by atoms with van der Waals surface area (Å²) in [5.41, 5.74) is 1.15. The van der Waals surface area contributed by atoms with Crippen LogP contribution in [0.1, 0.15) is 22.3 Å². The third kappa shape index (κ3) is 6.61. The summed E-state index contributed by atoms with van der Waals surface area (Å²) < 4.78 is 30.5. The summed E-state index contributed by atoms with van der Waals surface area (Å²) in [4.78, 5) is 5.77. The molecule has 0 aliphatic heterocycles. The van der Waals surface area contributed by atoms with E-state index < -0.39 is 17.2 Å². The summed E-state index contributed by atoms with van der Waals surface area (Å²) in [6.45, 7) is 0.547. The Morgan fingerprint density at radius 3 is 2.49 bits per heavy atom. The number of nitrogens with zero attached hydrogens (tertiary/aromatic N) is 4. The van der Waals surface area contributed by atoms with Gasteiger partial charge in [0.15, 0.2) is 0 Å². The van der Waals surface area contributed by atoms with Gasteiger partial charge < -0.3 is 5.11 Å². The third-order valence-electron chi connectivity index (χ3n) is 5.44. The lowest BCUT2D eigenvalue weighted by Crippen LogP contribution is -2.43. The van der Waals surface area contributed by atoms with Crippen molar-refractivity contribution >= 4 is 15.9 Å². The molecule has 1 atom stereocenters. The Bertz CT molecular complexity index is 1350. The molecule has 4 aromatic rings. The van der Waals surface area contributed by atoms with Crippen LogP contribution < -0.4 is 0 Å². The normalized spacial score (nSPS) is 12.7. The number of aromatic nitrogens is 3. The maximum Gasteiger partial charge on any atom is 0.137 e. The molecule has 178 valence electrons. The highest BCUT2D eigenvalue weighted by Crippen LogP contribution is 2.28. The molecule has 1 unspecified atom stereocenters. The van der Waals surface area contributed by atoms with Crippen molar-refractivity contribution in [1.82, 2.24) is 19.7 Å². The van der Waals surface area contributed by atoms with Crippen molar-refractivity contribution < 1.29 is 13.9 Å². The van der Waals surface area contributed by atoms with Crippen molar-refractivity contribution in [3.05, 3.63) is 118 Å². The first-order valence-electron chi connectivity index (χ1n) is 10.9. The van der Waals surface area contributed by atoms with Gasteiger partial charge in [-0.25, -0.2) is 18.4 Å². The van der Waals surface area contributed by atoms with E-state index in [1.165, 1.54) is 23.4 Å². The van der Waals surface area contributed by atoms with E-state index in [0.29, 0.717) is 6.54 Å². The van der Waals surface area contributed by atoms with Crippen molar-refractivity contribution in [1.29, 1.82) is 0 Å². The van der Waals surface area contributed by atoms with Crippen LogP contribution in [-0.2, 0) is 18.7 Å². The molecule has 8 heteroatoms. The molecule has 1 aromatic heterocycles. The second kappa shape index (κ2) is 10.9. The molecule has 0 saturated heterocycles. The smallest absolute Gasteiger partial charge is 0.137 e. The molecule has 5 nitrogen and oxygen atoms in total. The van der Waals surface area contributed by atoms with Crippen LogP contribution in [0.3, 0.4) is 0 Å². The van der Waals surface area contributed by atoms with E-state index >= 15 is 0 Å². The minimum atomic E-state index is -1.66. The quantitative estimate of drug-likeness (QED) is 0.347. The SMILES string of the molecule is CN(Cc1ccc(C#Cc2cccc(Br)c2)cc1)CC(O)(Cn1cncn1)c1ccc(F)cc1F. The predicted octanol–water partition coefficient (Wildman–Crippen LogP) is 4.74. The Kier molecular flexibility index (Phi) is 7.71. The van der Waals surface area contributed by atoms with Gasteiger partial charge in [0.05, 0.1) is 6.54 Å². The second-order valence-corrected chi connectivity index (χ2v) is 9.29. The van der Waals surface area contributed by atoms with E-state index in [1.54, 1.807) is 0 Å². The monoisotopic (exact) mass is 536 g/mol. The first kappa shape index (κ1) is 24.7. The molecule has 0 aliphatic rings. The van der Waals surface area contributed by atoms with Gasteiger partial charge in [0.2, 0.25) is 0 Å². The fraction of sp³-hybridized carbons (Fsp3) is 0.185. The highest BCUT2D eigenvalue weighted by molar-refractivity contribution is 9.10. The zero-order valence-electron chi connectivity index (χ0n) is 19.0. The van der Waals surface area contributed by atoms with Crippen LogP contribution in [-0.4, -0.2) is 38.4 Å². The molecule has 1 N–H and O–H groups in total. The minimum absolute atomic E-state index is 0.000536. The molecule has 35 heavy (non-hydrogen) atoms. The van der Waals surface area contributed by atoms with Crippen LogP contribution in [0.15, 0.2) is 83.9 Å². The maximum atomic E-state index is 14.6. The molecule has 1 heterocycles. The molecular weight excluding hydrogens is 514 g/mol. The molecule has 0 aliphatic carbocycles. The number of hydrogen-bond acceptors (Lipinski definition) is 4. The topological polar surface area (TPSA) is 54.2 Å². The van der Waals surface area contributed by atoms with Crippen LogP contribution in [0.25, 0.3) is 0 Å². The van der Waals surface area contributed by atoms with Gasteiger partial charge in [0, 0.05) is 40.3 Å². The Balaban J connectivity index is 1.48.